The molecule has 1 amide bonds. The molecule has 3 nitrogen and oxygen atoms in total. The number of amides is 1. The monoisotopic (exact) mass is 403 g/mol. The van der Waals surface area contributed by atoms with E-state index in [1.54, 1.807) is 23.5 Å². The van der Waals surface area contributed by atoms with Crippen LogP contribution in [0.1, 0.15) is 22.0 Å². The molecular weight excluding hydrogens is 383 g/mol. The molecule has 0 aliphatic carbocycles. The minimum absolute atomic E-state index is 0.0952. The zero-order chi connectivity index (χ0) is 19.2. The molecule has 0 radical (unpaired) electrons. The van der Waals surface area contributed by atoms with Gasteiger partial charge in [0.15, 0.2) is 6.54 Å². The van der Waals surface area contributed by atoms with Crippen LogP contribution in [0.3, 0.4) is 0 Å². The van der Waals surface area contributed by atoms with Gasteiger partial charge in [-0.1, -0.05) is 54.1 Å². The SMILES string of the molecule is C[NH+](CC(=O)N[C@@H](c1ccccc1)c1cccs1)Cc1c(F)cccc1Cl. The number of likely N-dealkylation sites (N-methyl/N-ethyl adjacent to an activating group) is 1. The molecule has 2 aromatic carbocycles. The lowest BCUT2D eigenvalue weighted by Crippen LogP contribution is -3.09. The molecule has 0 bridgehead atoms. The normalized spacial score (nSPS) is 13.1. The Morgan fingerprint density at radius 2 is 1.93 bits per heavy atom. The van der Waals surface area contributed by atoms with Crippen LogP contribution in [0.4, 0.5) is 4.39 Å². The van der Waals surface area contributed by atoms with E-state index in [2.05, 4.69) is 5.32 Å². The van der Waals surface area contributed by atoms with Crippen LogP contribution in [-0.4, -0.2) is 19.5 Å². The highest BCUT2D eigenvalue weighted by Crippen LogP contribution is 2.25. The van der Waals surface area contributed by atoms with Gasteiger partial charge in [0.1, 0.15) is 12.4 Å². The molecule has 1 aromatic heterocycles. The minimum Gasteiger partial charge on any atom is -0.339 e. The van der Waals surface area contributed by atoms with E-state index in [4.69, 9.17) is 11.6 Å². The molecule has 0 fully saturated rings. The quantitative estimate of drug-likeness (QED) is 0.622. The van der Waals surface area contributed by atoms with Gasteiger partial charge >= 0.3 is 0 Å². The first-order valence-electron chi connectivity index (χ1n) is 8.66. The molecule has 6 heteroatoms. The Bertz CT molecular complexity index is 866. The van der Waals surface area contributed by atoms with Gasteiger partial charge in [0.25, 0.3) is 5.91 Å². The molecule has 27 heavy (non-hydrogen) atoms. The Balaban J connectivity index is 1.68. The van der Waals surface area contributed by atoms with E-state index < -0.39 is 0 Å². The third-order valence-electron chi connectivity index (χ3n) is 4.27. The third kappa shape index (κ3) is 5.16. The van der Waals surface area contributed by atoms with E-state index in [9.17, 15) is 9.18 Å². The van der Waals surface area contributed by atoms with Gasteiger partial charge in [-0.15, -0.1) is 11.3 Å². The summed E-state index contributed by atoms with van der Waals surface area (Å²) in [5, 5.41) is 5.49. The lowest BCUT2D eigenvalue weighted by Gasteiger charge is -2.20. The van der Waals surface area contributed by atoms with Crippen molar-refractivity contribution in [2.75, 3.05) is 13.6 Å². The van der Waals surface area contributed by atoms with Crippen LogP contribution < -0.4 is 10.2 Å². The van der Waals surface area contributed by atoms with Gasteiger partial charge in [0, 0.05) is 4.88 Å². The number of carbonyl (C=O) groups is 1. The van der Waals surface area contributed by atoms with E-state index in [-0.39, 0.29) is 24.3 Å². The Labute approximate surface area is 167 Å². The van der Waals surface area contributed by atoms with Gasteiger partial charge in [-0.3, -0.25) is 4.79 Å². The summed E-state index contributed by atoms with van der Waals surface area (Å²) in [5.74, 6) is -0.440. The first kappa shape index (κ1) is 19.5. The Morgan fingerprint density at radius 3 is 2.59 bits per heavy atom. The first-order chi connectivity index (χ1) is 13.0. The first-order valence-corrected chi connectivity index (χ1v) is 9.92. The topological polar surface area (TPSA) is 33.5 Å². The van der Waals surface area contributed by atoms with Crippen LogP contribution in [0.15, 0.2) is 66.0 Å². The van der Waals surface area contributed by atoms with Crippen LogP contribution >= 0.6 is 22.9 Å². The summed E-state index contributed by atoms with van der Waals surface area (Å²) in [6, 6.07) is 18.3. The molecule has 3 aromatic rings. The number of thiophene rings is 1. The van der Waals surface area contributed by atoms with Gasteiger partial charge in [-0.2, -0.15) is 0 Å². The third-order valence-corrected chi connectivity index (χ3v) is 5.56. The lowest BCUT2D eigenvalue weighted by atomic mass is 10.1. The second-order valence-corrected chi connectivity index (χ2v) is 7.82. The summed E-state index contributed by atoms with van der Waals surface area (Å²) in [6.45, 7) is 0.563. The van der Waals surface area contributed by atoms with Crippen molar-refractivity contribution >= 4 is 28.8 Å². The molecule has 2 N–H and O–H groups in total. The van der Waals surface area contributed by atoms with Crippen molar-refractivity contribution < 1.29 is 14.1 Å². The molecule has 0 saturated heterocycles. The number of hydrogen-bond acceptors (Lipinski definition) is 2. The highest BCUT2D eigenvalue weighted by atomic mass is 35.5. The standard InChI is InChI=1S/C21H20ClFN2OS/c1-25(13-16-17(22)9-5-10-18(16)23)14-20(26)24-21(19-11-6-12-27-19)15-7-3-2-4-8-15/h2-12,21H,13-14H2,1H3,(H,24,26)/p+1/t21-/m0/s1. The van der Waals surface area contributed by atoms with Crippen LogP contribution in [0, 0.1) is 5.82 Å². The van der Waals surface area contributed by atoms with Crippen LogP contribution in [0.25, 0.3) is 0 Å². The second kappa shape index (κ2) is 9.13. The average molecular weight is 404 g/mol. The fraction of sp³-hybridized carbons (Fsp3) is 0.190. The van der Waals surface area contributed by atoms with Crippen molar-refractivity contribution in [2.24, 2.45) is 0 Å². The smallest absolute Gasteiger partial charge is 0.275 e. The highest BCUT2D eigenvalue weighted by molar-refractivity contribution is 7.10. The summed E-state index contributed by atoms with van der Waals surface area (Å²) in [5.41, 5.74) is 1.46. The largest absolute Gasteiger partial charge is 0.339 e. The van der Waals surface area contributed by atoms with E-state index in [1.165, 1.54) is 6.07 Å². The van der Waals surface area contributed by atoms with Gasteiger partial charge in [-0.05, 0) is 29.1 Å². The average Bonchev–Trinajstić information content (AvgIpc) is 3.18. The molecule has 0 saturated carbocycles. The van der Waals surface area contributed by atoms with Gasteiger partial charge in [0.2, 0.25) is 0 Å². The van der Waals surface area contributed by atoms with Crippen molar-refractivity contribution in [2.45, 2.75) is 12.6 Å². The molecule has 0 spiro atoms. The molecule has 2 atom stereocenters. The van der Waals surface area contributed by atoms with Crippen molar-refractivity contribution in [1.82, 2.24) is 5.32 Å². The second-order valence-electron chi connectivity index (χ2n) is 6.44. The molecule has 0 aliphatic rings. The summed E-state index contributed by atoms with van der Waals surface area (Å²) in [7, 11) is 1.85. The van der Waals surface area contributed by atoms with Gasteiger partial charge in [-0.25, -0.2) is 4.39 Å². The number of hydrogen-bond donors (Lipinski definition) is 2. The summed E-state index contributed by atoms with van der Waals surface area (Å²) < 4.78 is 14.0. The number of quaternary nitrogens is 1. The number of rotatable bonds is 7. The highest BCUT2D eigenvalue weighted by Gasteiger charge is 2.21. The van der Waals surface area contributed by atoms with E-state index in [1.807, 2.05) is 54.9 Å². The Morgan fingerprint density at radius 1 is 1.15 bits per heavy atom. The Kier molecular flexibility index (Phi) is 6.61. The summed E-state index contributed by atoms with van der Waals surface area (Å²) >= 11 is 7.69. The van der Waals surface area contributed by atoms with E-state index in [0.717, 1.165) is 15.3 Å². The van der Waals surface area contributed by atoms with Crippen molar-refractivity contribution in [1.29, 1.82) is 0 Å². The molecule has 1 heterocycles. The van der Waals surface area contributed by atoms with E-state index in [0.29, 0.717) is 17.1 Å². The van der Waals surface area contributed by atoms with Crippen molar-refractivity contribution in [3.63, 3.8) is 0 Å². The molecule has 0 aliphatic heterocycles. The number of halogens is 2. The maximum absolute atomic E-state index is 14.0. The minimum atomic E-state index is -0.344. The van der Waals surface area contributed by atoms with Gasteiger partial charge in [0.05, 0.1) is 23.7 Å². The molecule has 140 valence electrons. The molecule has 3 rings (SSSR count). The lowest BCUT2D eigenvalue weighted by molar-refractivity contribution is -0.885. The van der Waals surface area contributed by atoms with Crippen molar-refractivity contribution in [3.05, 3.63) is 92.9 Å². The fourth-order valence-corrected chi connectivity index (χ4v) is 4.00. The fourth-order valence-electron chi connectivity index (χ4n) is 2.97. The maximum Gasteiger partial charge on any atom is 0.275 e. The number of benzene rings is 2. The summed E-state index contributed by atoms with van der Waals surface area (Å²) in [6.07, 6.45) is 0. The predicted octanol–water partition coefficient (Wildman–Crippen LogP) is 3.46. The van der Waals surface area contributed by atoms with Crippen LogP contribution in [0.5, 0.6) is 0 Å². The molecular formula is C21H21ClFN2OS+. The number of carbonyl (C=O) groups excluding carboxylic acids is 1. The van der Waals surface area contributed by atoms with Gasteiger partial charge < -0.3 is 10.2 Å². The zero-order valence-corrected chi connectivity index (χ0v) is 16.5. The summed E-state index contributed by atoms with van der Waals surface area (Å²) in [4.78, 5) is 14.6. The predicted molar refractivity (Wildman–Crippen MR) is 108 cm³/mol. The van der Waals surface area contributed by atoms with Crippen LogP contribution in [-0.2, 0) is 11.3 Å². The Hall–Kier alpha value is -2.21. The van der Waals surface area contributed by atoms with Crippen LogP contribution in [0.2, 0.25) is 5.02 Å². The van der Waals surface area contributed by atoms with Crippen molar-refractivity contribution in [3.8, 4) is 0 Å². The number of nitrogens with one attached hydrogen (secondary N) is 2. The molecule has 1 unspecified atom stereocenters. The van der Waals surface area contributed by atoms with E-state index >= 15 is 0 Å². The maximum atomic E-state index is 14.0. The zero-order valence-electron chi connectivity index (χ0n) is 14.9.